The molecule has 1 aromatic rings. The number of rotatable bonds is 5. The average molecular weight is 309 g/mol. The van der Waals surface area contributed by atoms with Gasteiger partial charge in [0.1, 0.15) is 0 Å². The molecule has 0 aliphatic heterocycles. The summed E-state index contributed by atoms with van der Waals surface area (Å²) in [4.78, 5) is 12.3. The Kier molecular flexibility index (Phi) is 5.65. The number of carbonyl (C=O) groups is 1. The van der Waals surface area contributed by atoms with Crippen molar-refractivity contribution in [2.75, 3.05) is 0 Å². The first-order valence-electron chi connectivity index (χ1n) is 7.78. The molecule has 0 radical (unpaired) electrons. The van der Waals surface area contributed by atoms with Crippen LogP contribution in [0.15, 0.2) is 24.3 Å². The van der Waals surface area contributed by atoms with Gasteiger partial charge in [-0.15, -0.1) is 0 Å². The molecule has 116 valence electrons. The van der Waals surface area contributed by atoms with Gasteiger partial charge in [0.05, 0.1) is 6.04 Å². The number of carbonyl (C=O) groups excluding carboxylic acids is 1. The van der Waals surface area contributed by atoms with Crippen LogP contribution in [0.2, 0.25) is 5.02 Å². The minimum absolute atomic E-state index is 0.0520. The highest BCUT2D eigenvalue weighted by Gasteiger charge is 2.28. The standard InChI is InChI=1S/C17H25ClN2O/c1-11(2)17(13-7-3-4-8-14(13)18)20-16(21)10-12-6-5-9-15(12)19/h3-4,7-8,11-12,15,17H,5-6,9-10,19H2,1-2H3,(H,20,21)/t12-,15+,17?/m0/s1. The topological polar surface area (TPSA) is 55.1 Å². The largest absolute Gasteiger partial charge is 0.349 e. The molecule has 0 heterocycles. The highest BCUT2D eigenvalue weighted by Crippen LogP contribution is 2.30. The Hall–Kier alpha value is -1.06. The lowest BCUT2D eigenvalue weighted by atomic mass is 9.94. The second kappa shape index (κ2) is 7.28. The Bertz CT molecular complexity index is 489. The molecule has 3 atom stereocenters. The highest BCUT2D eigenvalue weighted by molar-refractivity contribution is 6.31. The van der Waals surface area contributed by atoms with E-state index in [0.717, 1.165) is 24.8 Å². The van der Waals surface area contributed by atoms with E-state index in [0.29, 0.717) is 17.4 Å². The van der Waals surface area contributed by atoms with Crippen LogP contribution in [0.3, 0.4) is 0 Å². The van der Waals surface area contributed by atoms with Gasteiger partial charge < -0.3 is 11.1 Å². The molecule has 0 bridgehead atoms. The zero-order valence-corrected chi connectivity index (χ0v) is 13.6. The van der Waals surface area contributed by atoms with E-state index in [-0.39, 0.29) is 23.9 Å². The lowest BCUT2D eigenvalue weighted by Crippen LogP contribution is -2.35. The average Bonchev–Trinajstić information content (AvgIpc) is 2.82. The molecule has 0 spiro atoms. The molecule has 3 nitrogen and oxygen atoms in total. The fraction of sp³-hybridized carbons (Fsp3) is 0.588. The fourth-order valence-corrected chi connectivity index (χ4v) is 3.37. The van der Waals surface area contributed by atoms with Gasteiger partial charge in [-0.2, -0.15) is 0 Å². The summed E-state index contributed by atoms with van der Waals surface area (Å²) in [5.74, 6) is 0.686. The molecule has 3 N–H and O–H groups in total. The summed E-state index contributed by atoms with van der Waals surface area (Å²) < 4.78 is 0. The van der Waals surface area contributed by atoms with Crippen molar-refractivity contribution in [3.63, 3.8) is 0 Å². The number of amides is 1. The second-order valence-corrected chi connectivity index (χ2v) is 6.78. The van der Waals surface area contributed by atoms with Crippen molar-refractivity contribution >= 4 is 17.5 Å². The Morgan fingerprint density at radius 2 is 2.10 bits per heavy atom. The minimum atomic E-state index is -0.0520. The molecule has 0 saturated heterocycles. The summed E-state index contributed by atoms with van der Waals surface area (Å²) >= 11 is 6.27. The van der Waals surface area contributed by atoms with Crippen LogP contribution in [-0.2, 0) is 4.79 Å². The number of halogens is 1. The first-order chi connectivity index (χ1) is 9.99. The summed E-state index contributed by atoms with van der Waals surface area (Å²) in [6.45, 7) is 4.19. The maximum Gasteiger partial charge on any atom is 0.220 e. The van der Waals surface area contributed by atoms with Gasteiger partial charge in [0.25, 0.3) is 0 Å². The molecule has 1 amide bonds. The smallest absolute Gasteiger partial charge is 0.220 e. The normalized spacial score (nSPS) is 23.3. The predicted octanol–water partition coefficient (Wildman–Crippen LogP) is 3.67. The maximum absolute atomic E-state index is 12.3. The van der Waals surface area contributed by atoms with Gasteiger partial charge in [-0.3, -0.25) is 4.79 Å². The lowest BCUT2D eigenvalue weighted by molar-refractivity contribution is -0.123. The van der Waals surface area contributed by atoms with Crippen molar-refractivity contribution in [2.24, 2.45) is 17.6 Å². The third-order valence-corrected chi connectivity index (χ3v) is 4.73. The van der Waals surface area contributed by atoms with Gasteiger partial charge >= 0.3 is 0 Å². The molecule has 0 aromatic heterocycles. The predicted molar refractivity (Wildman–Crippen MR) is 87.1 cm³/mol. The number of benzene rings is 1. The second-order valence-electron chi connectivity index (χ2n) is 6.37. The van der Waals surface area contributed by atoms with E-state index < -0.39 is 0 Å². The summed E-state index contributed by atoms with van der Waals surface area (Å²) in [5.41, 5.74) is 7.04. The fourth-order valence-electron chi connectivity index (χ4n) is 3.12. The van der Waals surface area contributed by atoms with Crippen LogP contribution in [-0.4, -0.2) is 11.9 Å². The quantitative estimate of drug-likeness (QED) is 0.872. The lowest BCUT2D eigenvalue weighted by Gasteiger charge is -2.25. The van der Waals surface area contributed by atoms with Crippen molar-refractivity contribution in [3.8, 4) is 0 Å². The first kappa shape index (κ1) is 16.3. The summed E-state index contributed by atoms with van der Waals surface area (Å²) in [6.07, 6.45) is 3.76. The monoisotopic (exact) mass is 308 g/mol. The van der Waals surface area contributed by atoms with Crippen molar-refractivity contribution in [1.29, 1.82) is 0 Å². The first-order valence-corrected chi connectivity index (χ1v) is 8.16. The van der Waals surface area contributed by atoms with Crippen LogP contribution in [0.25, 0.3) is 0 Å². The van der Waals surface area contributed by atoms with Crippen molar-refractivity contribution in [1.82, 2.24) is 5.32 Å². The number of hydrogen-bond donors (Lipinski definition) is 2. The molecule has 1 saturated carbocycles. The Labute approximate surface area is 132 Å². The Morgan fingerprint density at radius 1 is 1.38 bits per heavy atom. The van der Waals surface area contributed by atoms with Crippen molar-refractivity contribution in [2.45, 2.75) is 51.6 Å². The molecule has 1 fully saturated rings. The SMILES string of the molecule is CC(C)C(NC(=O)C[C@@H]1CCC[C@H]1N)c1ccccc1Cl. The van der Waals surface area contributed by atoms with E-state index >= 15 is 0 Å². The zero-order chi connectivity index (χ0) is 15.4. The molecule has 21 heavy (non-hydrogen) atoms. The van der Waals surface area contributed by atoms with Crippen LogP contribution < -0.4 is 11.1 Å². The van der Waals surface area contributed by atoms with E-state index in [1.807, 2.05) is 24.3 Å². The molecule has 2 rings (SSSR count). The van der Waals surface area contributed by atoms with Crippen LogP contribution in [0.1, 0.15) is 51.1 Å². The van der Waals surface area contributed by atoms with E-state index in [4.69, 9.17) is 17.3 Å². The third-order valence-electron chi connectivity index (χ3n) is 4.39. The number of nitrogens with two attached hydrogens (primary N) is 1. The van der Waals surface area contributed by atoms with Gasteiger partial charge in [0.2, 0.25) is 5.91 Å². The number of hydrogen-bond acceptors (Lipinski definition) is 2. The van der Waals surface area contributed by atoms with Gasteiger partial charge in [-0.05, 0) is 36.3 Å². The summed E-state index contributed by atoms with van der Waals surface area (Å²) in [5, 5.41) is 3.84. The van der Waals surface area contributed by atoms with Gasteiger partial charge in [-0.25, -0.2) is 0 Å². The van der Waals surface area contributed by atoms with Gasteiger partial charge in [0.15, 0.2) is 0 Å². The van der Waals surface area contributed by atoms with Gasteiger partial charge in [-0.1, -0.05) is 50.1 Å². The molecule has 1 aliphatic carbocycles. The Morgan fingerprint density at radius 3 is 2.67 bits per heavy atom. The van der Waals surface area contributed by atoms with E-state index in [1.165, 1.54) is 0 Å². The van der Waals surface area contributed by atoms with Gasteiger partial charge in [0, 0.05) is 17.5 Å². The van der Waals surface area contributed by atoms with Crippen molar-refractivity contribution < 1.29 is 4.79 Å². The molecular formula is C17H25ClN2O. The molecular weight excluding hydrogens is 284 g/mol. The van der Waals surface area contributed by atoms with Crippen LogP contribution in [0.5, 0.6) is 0 Å². The van der Waals surface area contributed by atoms with Crippen LogP contribution >= 0.6 is 11.6 Å². The third kappa shape index (κ3) is 4.21. The van der Waals surface area contributed by atoms with Crippen molar-refractivity contribution in [3.05, 3.63) is 34.9 Å². The van der Waals surface area contributed by atoms with E-state index in [9.17, 15) is 4.79 Å². The van der Waals surface area contributed by atoms with E-state index in [2.05, 4.69) is 19.2 Å². The Balaban J connectivity index is 2.03. The maximum atomic E-state index is 12.3. The molecule has 4 heteroatoms. The summed E-state index contributed by atoms with van der Waals surface area (Å²) in [7, 11) is 0. The van der Waals surface area contributed by atoms with E-state index in [1.54, 1.807) is 0 Å². The molecule has 1 unspecified atom stereocenters. The number of nitrogens with one attached hydrogen (secondary N) is 1. The minimum Gasteiger partial charge on any atom is -0.349 e. The molecule has 1 aromatic carbocycles. The summed E-state index contributed by atoms with van der Waals surface area (Å²) in [6, 6.07) is 7.83. The molecule has 1 aliphatic rings. The zero-order valence-electron chi connectivity index (χ0n) is 12.8. The van der Waals surface area contributed by atoms with Crippen LogP contribution in [0, 0.1) is 11.8 Å². The highest BCUT2D eigenvalue weighted by atomic mass is 35.5. The van der Waals surface area contributed by atoms with Crippen LogP contribution in [0.4, 0.5) is 0 Å².